The summed E-state index contributed by atoms with van der Waals surface area (Å²) in [4.78, 5) is 5.56. The maximum atomic E-state index is 10.8. The second-order valence-electron chi connectivity index (χ2n) is 7.95. The van der Waals surface area contributed by atoms with E-state index in [0.29, 0.717) is 5.75 Å². The highest BCUT2D eigenvalue weighted by Gasteiger charge is 2.29. The van der Waals surface area contributed by atoms with E-state index in [9.17, 15) is 5.11 Å². The number of phenols is 1. The minimum absolute atomic E-state index is 0.0879. The van der Waals surface area contributed by atoms with E-state index < -0.39 is 10.0 Å². The van der Waals surface area contributed by atoms with Crippen LogP contribution in [0.15, 0.2) is 33.6 Å². The Morgan fingerprint density at radius 1 is 0.952 bits per heavy atom. The molecule has 0 aliphatic carbocycles. The van der Waals surface area contributed by atoms with Crippen LogP contribution in [-0.2, 0) is 10.8 Å². The summed E-state index contributed by atoms with van der Waals surface area (Å²) in [5, 5.41) is 13.0. The lowest BCUT2D eigenvalue weighted by atomic mass is 9.79. The number of rotatable bonds is 1. The van der Waals surface area contributed by atoms with E-state index in [-0.39, 0.29) is 10.8 Å². The van der Waals surface area contributed by atoms with E-state index >= 15 is 0 Å². The van der Waals surface area contributed by atoms with Gasteiger partial charge in [-0.3, -0.25) is 4.99 Å². The first-order valence-corrected chi connectivity index (χ1v) is 9.48. The molecule has 0 spiro atoms. The van der Waals surface area contributed by atoms with Crippen LogP contribution in [0, 0.1) is 0 Å². The summed E-state index contributed by atoms with van der Waals surface area (Å²) in [6.07, 6.45) is 4.13. The van der Waals surface area contributed by atoms with Gasteiger partial charge in [0.1, 0.15) is 5.75 Å². The normalized spacial score (nSPS) is 25.1. The highest BCUT2D eigenvalue weighted by molar-refractivity contribution is 8.46. The topological polar surface area (TPSA) is 32.6 Å². The van der Waals surface area contributed by atoms with Crippen molar-refractivity contribution in [1.29, 1.82) is 0 Å². The van der Waals surface area contributed by atoms with Gasteiger partial charge in [0.25, 0.3) is 0 Å². The van der Waals surface area contributed by atoms with Gasteiger partial charge in [0.2, 0.25) is 0 Å². The molecule has 0 saturated carbocycles. The molecule has 0 radical (unpaired) electrons. The summed E-state index contributed by atoms with van der Waals surface area (Å²) in [5.74, 6) is 0.445. The van der Waals surface area contributed by atoms with E-state index in [0.717, 1.165) is 11.1 Å². The molecule has 21 heavy (non-hydrogen) atoms. The lowest BCUT2D eigenvalue weighted by Crippen LogP contribution is -2.18. The van der Waals surface area contributed by atoms with Crippen molar-refractivity contribution in [3.05, 3.63) is 34.9 Å². The van der Waals surface area contributed by atoms with Crippen LogP contribution in [0.5, 0.6) is 5.75 Å². The molecule has 0 bridgehead atoms. The Bertz CT molecular complexity index is 568. The molecule has 116 valence electrons. The molecule has 0 amide bonds. The molecule has 1 aromatic rings. The van der Waals surface area contributed by atoms with E-state index in [1.807, 2.05) is 6.20 Å². The highest BCUT2D eigenvalue weighted by Crippen LogP contribution is 2.56. The number of hydrogen-bond donors (Lipinski definition) is 1. The minimum Gasteiger partial charge on any atom is -0.507 e. The summed E-state index contributed by atoms with van der Waals surface area (Å²) in [6.45, 7) is 12.9. The molecule has 0 fully saturated rings. The average Bonchev–Trinajstić information content (AvgIpc) is 2.74. The fourth-order valence-corrected chi connectivity index (χ4v) is 4.24. The fraction of sp³-hybridized carbons (Fsp3) is 0.500. The van der Waals surface area contributed by atoms with E-state index in [4.69, 9.17) is 0 Å². The maximum Gasteiger partial charge on any atom is 0.123 e. The smallest absolute Gasteiger partial charge is 0.123 e. The SMILES string of the molecule is CC(C)(C)c1cc(S2(C)C=CN=C2)cc(C(C)(C)C)c1O. The predicted molar refractivity (Wildman–Crippen MR) is 94.9 cm³/mol. The van der Waals surface area contributed by atoms with Crippen molar-refractivity contribution < 1.29 is 5.11 Å². The van der Waals surface area contributed by atoms with Crippen molar-refractivity contribution in [2.75, 3.05) is 6.26 Å². The Balaban J connectivity index is 2.75. The van der Waals surface area contributed by atoms with Gasteiger partial charge in [0.15, 0.2) is 0 Å². The molecule has 1 N–H and O–H groups in total. The molecule has 0 aromatic heterocycles. The van der Waals surface area contributed by atoms with Gasteiger partial charge in [-0.15, -0.1) is 0 Å². The zero-order valence-corrected chi connectivity index (χ0v) is 15.0. The predicted octanol–water partition coefficient (Wildman–Crippen LogP) is 5.29. The highest BCUT2D eigenvalue weighted by atomic mass is 32.3. The standard InChI is InChI=1S/C18H27NOS/c1-17(2,3)14-10-13(21(7)9-8-19-12-21)11-15(16(14)20)18(4,5)6/h8-12,20H,1-7H3. The first-order chi connectivity index (χ1) is 9.45. The Hall–Kier alpha value is -1.22. The van der Waals surface area contributed by atoms with Gasteiger partial charge in [-0.25, -0.2) is 0 Å². The van der Waals surface area contributed by atoms with Gasteiger partial charge in [-0.1, -0.05) is 41.5 Å². The molecule has 2 nitrogen and oxygen atoms in total. The molecule has 0 saturated heterocycles. The molecular formula is C18H27NOS. The number of aromatic hydroxyl groups is 1. The molecule has 1 heterocycles. The Kier molecular flexibility index (Phi) is 3.78. The van der Waals surface area contributed by atoms with Gasteiger partial charge >= 0.3 is 0 Å². The number of nitrogens with zero attached hydrogens (tertiary/aromatic N) is 1. The third-order valence-electron chi connectivity index (χ3n) is 3.92. The van der Waals surface area contributed by atoms with Crippen LogP contribution in [0.1, 0.15) is 52.7 Å². The maximum absolute atomic E-state index is 10.8. The summed E-state index contributed by atoms with van der Waals surface area (Å²) in [5.41, 5.74) is 3.92. The number of phenolic OH excluding ortho intramolecular Hbond substituents is 1. The number of benzene rings is 1. The lowest BCUT2D eigenvalue weighted by molar-refractivity contribution is 0.422. The van der Waals surface area contributed by atoms with Crippen molar-refractivity contribution in [2.24, 2.45) is 4.99 Å². The van der Waals surface area contributed by atoms with Crippen molar-refractivity contribution in [3.8, 4) is 5.75 Å². The average molecular weight is 305 g/mol. The van der Waals surface area contributed by atoms with Gasteiger partial charge in [0.05, 0.1) is 5.55 Å². The third kappa shape index (κ3) is 3.03. The molecule has 1 unspecified atom stereocenters. The minimum atomic E-state index is -1.15. The van der Waals surface area contributed by atoms with Gasteiger partial charge < -0.3 is 5.11 Å². The summed E-state index contributed by atoms with van der Waals surface area (Å²) in [7, 11) is -1.15. The van der Waals surface area contributed by atoms with Crippen LogP contribution in [0.3, 0.4) is 0 Å². The van der Waals surface area contributed by atoms with E-state index in [2.05, 4.69) is 75.9 Å². The van der Waals surface area contributed by atoms with Gasteiger partial charge in [-0.2, -0.15) is 10.0 Å². The molecular weight excluding hydrogens is 278 g/mol. The van der Waals surface area contributed by atoms with Crippen LogP contribution in [0.25, 0.3) is 0 Å². The Labute approximate surface area is 130 Å². The van der Waals surface area contributed by atoms with Gasteiger partial charge in [0, 0.05) is 17.3 Å². The van der Waals surface area contributed by atoms with E-state index in [1.165, 1.54) is 4.90 Å². The van der Waals surface area contributed by atoms with E-state index in [1.54, 1.807) is 0 Å². The third-order valence-corrected chi connectivity index (χ3v) is 6.41. The Morgan fingerprint density at radius 3 is 1.76 bits per heavy atom. The molecule has 1 aliphatic rings. The van der Waals surface area contributed by atoms with Crippen molar-refractivity contribution in [2.45, 2.75) is 57.3 Å². The second kappa shape index (κ2) is 4.91. The quantitative estimate of drug-likeness (QED) is 0.751. The van der Waals surface area contributed by atoms with Crippen molar-refractivity contribution in [3.63, 3.8) is 0 Å². The summed E-state index contributed by atoms with van der Waals surface area (Å²) >= 11 is 0. The number of aliphatic imine (C=N–C) groups is 1. The largest absolute Gasteiger partial charge is 0.507 e. The molecule has 2 rings (SSSR count). The molecule has 1 atom stereocenters. The van der Waals surface area contributed by atoms with Crippen molar-refractivity contribution in [1.82, 2.24) is 0 Å². The monoisotopic (exact) mass is 305 g/mol. The summed E-state index contributed by atoms with van der Waals surface area (Å²) in [6, 6.07) is 4.34. The summed E-state index contributed by atoms with van der Waals surface area (Å²) < 4.78 is 0. The van der Waals surface area contributed by atoms with Crippen molar-refractivity contribution >= 4 is 15.6 Å². The van der Waals surface area contributed by atoms with Crippen LogP contribution < -0.4 is 0 Å². The molecule has 1 aliphatic heterocycles. The molecule has 1 aromatic carbocycles. The zero-order valence-electron chi connectivity index (χ0n) is 14.2. The Morgan fingerprint density at radius 2 is 1.43 bits per heavy atom. The molecule has 3 heteroatoms. The van der Waals surface area contributed by atoms with Crippen LogP contribution in [0.4, 0.5) is 0 Å². The first kappa shape index (κ1) is 16.2. The zero-order chi connectivity index (χ0) is 16.1. The second-order valence-corrected chi connectivity index (χ2v) is 11.0. The van der Waals surface area contributed by atoms with Crippen LogP contribution >= 0.6 is 10.0 Å². The van der Waals surface area contributed by atoms with Gasteiger partial charge in [-0.05, 0) is 39.5 Å². The first-order valence-electron chi connectivity index (χ1n) is 7.31. The lowest BCUT2D eigenvalue weighted by Gasteiger charge is -2.32. The van der Waals surface area contributed by atoms with Crippen LogP contribution in [0.2, 0.25) is 0 Å². The number of hydrogen-bond acceptors (Lipinski definition) is 2. The van der Waals surface area contributed by atoms with Crippen LogP contribution in [-0.4, -0.2) is 16.9 Å². The fourth-order valence-electron chi connectivity index (χ4n) is 2.50.